The second kappa shape index (κ2) is 4.57. The first-order valence-electron chi connectivity index (χ1n) is 5.25. The van der Waals surface area contributed by atoms with Gasteiger partial charge < -0.3 is 15.2 Å². The van der Waals surface area contributed by atoms with Gasteiger partial charge in [-0.15, -0.1) is 0 Å². The quantitative estimate of drug-likeness (QED) is 0.638. The van der Waals surface area contributed by atoms with Gasteiger partial charge in [-0.1, -0.05) is 0 Å². The molecule has 1 aliphatic rings. The Hall–Kier alpha value is -0.870. The van der Waals surface area contributed by atoms with E-state index in [1.54, 1.807) is 0 Å². The summed E-state index contributed by atoms with van der Waals surface area (Å²) in [5.74, 6) is 0. The Morgan fingerprint density at radius 3 is 3.00 bits per heavy atom. The number of nitrogens with one attached hydrogen (secondary N) is 2. The van der Waals surface area contributed by atoms with Crippen molar-refractivity contribution in [2.24, 2.45) is 7.05 Å². The molecule has 1 fully saturated rings. The number of hydrogen-bond donors (Lipinski definition) is 2. The smallest absolute Gasteiger partial charge is 0.0945 e. The lowest BCUT2D eigenvalue weighted by molar-refractivity contribution is 0.595. The summed E-state index contributed by atoms with van der Waals surface area (Å²) in [7, 11) is 2.02. The molecule has 14 heavy (non-hydrogen) atoms. The van der Waals surface area contributed by atoms with Crippen molar-refractivity contribution in [1.29, 1.82) is 0 Å². The van der Waals surface area contributed by atoms with Crippen molar-refractivity contribution in [2.45, 2.75) is 25.4 Å². The van der Waals surface area contributed by atoms with E-state index < -0.39 is 0 Å². The van der Waals surface area contributed by atoms with Crippen molar-refractivity contribution in [3.05, 3.63) is 18.2 Å². The Kier molecular flexibility index (Phi) is 3.16. The molecule has 0 amide bonds. The molecule has 2 rings (SSSR count). The molecule has 0 atom stereocenters. The average Bonchev–Trinajstić information content (AvgIpc) is 2.91. The Balaban J connectivity index is 1.56. The number of imidazole rings is 1. The van der Waals surface area contributed by atoms with Gasteiger partial charge in [-0.3, -0.25) is 0 Å². The third-order valence-electron chi connectivity index (χ3n) is 2.53. The maximum Gasteiger partial charge on any atom is 0.0945 e. The molecule has 0 spiro atoms. The Morgan fingerprint density at radius 1 is 1.50 bits per heavy atom. The van der Waals surface area contributed by atoms with Crippen molar-refractivity contribution in [3.8, 4) is 0 Å². The zero-order chi connectivity index (χ0) is 9.80. The molecule has 78 valence electrons. The average molecular weight is 194 g/mol. The van der Waals surface area contributed by atoms with Crippen LogP contribution < -0.4 is 10.6 Å². The van der Waals surface area contributed by atoms with Gasteiger partial charge in [-0.2, -0.15) is 0 Å². The highest BCUT2D eigenvalue weighted by Crippen LogP contribution is 2.17. The van der Waals surface area contributed by atoms with Crippen molar-refractivity contribution < 1.29 is 0 Å². The Labute approximate surface area is 84.7 Å². The summed E-state index contributed by atoms with van der Waals surface area (Å²) < 4.78 is 2.04. The first kappa shape index (κ1) is 9.68. The highest BCUT2D eigenvalue weighted by Gasteiger charge is 2.19. The number of aryl methyl sites for hydroxylation is 1. The summed E-state index contributed by atoms with van der Waals surface area (Å²) >= 11 is 0. The van der Waals surface area contributed by atoms with Crippen molar-refractivity contribution >= 4 is 0 Å². The van der Waals surface area contributed by atoms with Crippen LogP contribution in [0.15, 0.2) is 12.5 Å². The van der Waals surface area contributed by atoms with Crippen LogP contribution in [-0.4, -0.2) is 28.7 Å². The van der Waals surface area contributed by atoms with Gasteiger partial charge in [0.25, 0.3) is 0 Å². The fourth-order valence-electron chi connectivity index (χ4n) is 1.42. The Morgan fingerprint density at radius 2 is 2.36 bits per heavy atom. The Bertz CT molecular complexity index is 277. The van der Waals surface area contributed by atoms with Crippen LogP contribution in [0.4, 0.5) is 0 Å². The maximum atomic E-state index is 4.07. The molecule has 0 unspecified atom stereocenters. The topological polar surface area (TPSA) is 41.9 Å². The predicted octanol–water partition coefficient (Wildman–Crippen LogP) is 0.262. The van der Waals surface area contributed by atoms with Gasteiger partial charge in [0.15, 0.2) is 0 Å². The fourth-order valence-corrected chi connectivity index (χ4v) is 1.42. The van der Waals surface area contributed by atoms with Crippen LogP contribution in [0.25, 0.3) is 0 Å². The van der Waals surface area contributed by atoms with Crippen molar-refractivity contribution in [1.82, 2.24) is 20.2 Å². The largest absolute Gasteiger partial charge is 0.337 e. The molecule has 2 N–H and O–H groups in total. The highest BCUT2D eigenvalue weighted by molar-refractivity contribution is 4.96. The molecule has 4 nitrogen and oxygen atoms in total. The van der Waals surface area contributed by atoms with E-state index in [-0.39, 0.29) is 0 Å². The van der Waals surface area contributed by atoms with E-state index in [4.69, 9.17) is 0 Å². The minimum Gasteiger partial charge on any atom is -0.337 e. The van der Waals surface area contributed by atoms with Gasteiger partial charge in [0, 0.05) is 38.9 Å². The number of hydrogen-bond acceptors (Lipinski definition) is 3. The second-order valence-electron chi connectivity index (χ2n) is 3.90. The van der Waals surface area contributed by atoms with Crippen LogP contribution in [0.1, 0.15) is 18.5 Å². The zero-order valence-corrected chi connectivity index (χ0v) is 8.66. The summed E-state index contributed by atoms with van der Waals surface area (Å²) in [6, 6.07) is 0.813. The minimum absolute atomic E-state index is 0.813. The molecule has 0 aliphatic heterocycles. The van der Waals surface area contributed by atoms with Crippen molar-refractivity contribution in [3.63, 3.8) is 0 Å². The molecule has 0 radical (unpaired) electrons. The van der Waals surface area contributed by atoms with E-state index in [2.05, 4.69) is 15.6 Å². The van der Waals surface area contributed by atoms with E-state index in [1.165, 1.54) is 18.5 Å². The van der Waals surface area contributed by atoms with Crippen LogP contribution in [0.5, 0.6) is 0 Å². The first-order chi connectivity index (χ1) is 6.86. The summed E-state index contributed by atoms with van der Waals surface area (Å²) in [6.45, 7) is 3.01. The molecule has 1 aromatic heterocycles. The van der Waals surface area contributed by atoms with E-state index in [1.807, 2.05) is 24.1 Å². The molecule has 0 saturated heterocycles. The van der Waals surface area contributed by atoms with Crippen LogP contribution in [0, 0.1) is 0 Å². The number of aromatic nitrogens is 2. The highest BCUT2D eigenvalue weighted by atomic mass is 15.1. The molecule has 1 aliphatic carbocycles. The normalized spacial score (nSPS) is 16.1. The monoisotopic (exact) mass is 194 g/mol. The van der Waals surface area contributed by atoms with Gasteiger partial charge in [0.1, 0.15) is 0 Å². The van der Waals surface area contributed by atoms with Crippen molar-refractivity contribution in [2.75, 3.05) is 13.1 Å². The van der Waals surface area contributed by atoms with Gasteiger partial charge >= 0.3 is 0 Å². The molecule has 1 heterocycles. The zero-order valence-electron chi connectivity index (χ0n) is 8.66. The van der Waals surface area contributed by atoms with Gasteiger partial charge in [-0.25, -0.2) is 4.98 Å². The van der Waals surface area contributed by atoms with Gasteiger partial charge in [-0.05, 0) is 12.8 Å². The lowest BCUT2D eigenvalue weighted by atomic mass is 10.4. The third-order valence-corrected chi connectivity index (χ3v) is 2.53. The van der Waals surface area contributed by atoms with Crippen LogP contribution in [0.3, 0.4) is 0 Å². The van der Waals surface area contributed by atoms with Crippen LogP contribution in [-0.2, 0) is 13.6 Å². The number of nitrogens with zero attached hydrogens (tertiary/aromatic N) is 2. The lowest BCUT2D eigenvalue weighted by Crippen LogP contribution is -2.28. The van der Waals surface area contributed by atoms with Gasteiger partial charge in [0.05, 0.1) is 12.0 Å². The summed E-state index contributed by atoms with van der Waals surface area (Å²) in [6.07, 6.45) is 6.46. The van der Waals surface area contributed by atoms with E-state index >= 15 is 0 Å². The standard InChI is InChI=1S/C10H18N4/c1-14-8-12-7-10(14)6-11-4-5-13-9-2-3-9/h7-9,11,13H,2-6H2,1H3. The predicted molar refractivity (Wildman–Crippen MR) is 55.9 cm³/mol. The molecule has 1 aromatic rings. The van der Waals surface area contributed by atoms with Crippen LogP contribution >= 0.6 is 0 Å². The van der Waals surface area contributed by atoms with E-state index in [0.29, 0.717) is 0 Å². The summed E-state index contributed by atoms with van der Waals surface area (Å²) in [4.78, 5) is 4.07. The molecule has 4 heteroatoms. The molecule has 0 aromatic carbocycles. The molecular formula is C10H18N4. The molecule has 1 saturated carbocycles. The minimum atomic E-state index is 0.813. The number of rotatable bonds is 6. The van der Waals surface area contributed by atoms with Crippen LogP contribution in [0.2, 0.25) is 0 Å². The SMILES string of the molecule is Cn1cncc1CNCCNC1CC1. The lowest BCUT2D eigenvalue weighted by Gasteiger charge is -2.05. The third kappa shape index (κ3) is 2.82. The van der Waals surface area contributed by atoms with E-state index in [9.17, 15) is 0 Å². The molecular weight excluding hydrogens is 176 g/mol. The molecule has 0 bridgehead atoms. The van der Waals surface area contributed by atoms with E-state index in [0.717, 1.165) is 25.7 Å². The second-order valence-corrected chi connectivity index (χ2v) is 3.90. The summed E-state index contributed by atoms with van der Waals surface area (Å²) in [5.41, 5.74) is 1.23. The van der Waals surface area contributed by atoms with Gasteiger partial charge in [0.2, 0.25) is 0 Å². The first-order valence-corrected chi connectivity index (χ1v) is 5.25. The summed E-state index contributed by atoms with van der Waals surface area (Å²) in [5, 5.41) is 6.85. The maximum absolute atomic E-state index is 4.07. The fraction of sp³-hybridized carbons (Fsp3) is 0.700.